The molecule has 0 spiro atoms. The van der Waals surface area contributed by atoms with E-state index in [0.29, 0.717) is 6.04 Å². The van der Waals surface area contributed by atoms with Crippen molar-refractivity contribution in [3.05, 3.63) is 44.7 Å². The van der Waals surface area contributed by atoms with Crippen LogP contribution in [-0.4, -0.2) is 18.1 Å². The van der Waals surface area contributed by atoms with Crippen LogP contribution in [0.2, 0.25) is 5.02 Å². The average molecular weight is 322 g/mol. The zero-order chi connectivity index (χ0) is 14.8. The monoisotopic (exact) mass is 321 g/mol. The van der Waals surface area contributed by atoms with Crippen molar-refractivity contribution in [3.63, 3.8) is 0 Å². The molecule has 0 bridgehead atoms. The van der Waals surface area contributed by atoms with Crippen molar-refractivity contribution >= 4 is 28.8 Å². The minimum absolute atomic E-state index is 0.338. The van der Waals surface area contributed by atoms with E-state index in [1.165, 1.54) is 10.4 Å². The van der Waals surface area contributed by atoms with Crippen molar-refractivity contribution in [2.24, 2.45) is 0 Å². The van der Waals surface area contributed by atoms with Crippen LogP contribution in [0.1, 0.15) is 35.9 Å². The first-order valence-electron chi connectivity index (χ1n) is 7.38. The summed E-state index contributed by atoms with van der Waals surface area (Å²) in [5.74, 6) is 0.904. The van der Waals surface area contributed by atoms with Crippen molar-refractivity contribution in [2.45, 2.75) is 32.9 Å². The maximum atomic E-state index is 6.48. The number of fused-ring (bicyclic) bond motifs is 1. The second-order valence-corrected chi connectivity index (χ2v) is 6.76. The first-order valence-corrected chi connectivity index (χ1v) is 8.64. The van der Waals surface area contributed by atoms with Gasteiger partial charge in [0.15, 0.2) is 0 Å². The maximum absolute atomic E-state index is 6.48. The molecule has 112 valence electrons. The van der Waals surface area contributed by atoms with E-state index in [2.05, 4.69) is 40.5 Å². The van der Waals surface area contributed by atoms with Gasteiger partial charge in [-0.3, -0.25) is 0 Å². The Bertz CT molecular complexity index is 626. The molecular formula is C16H20ClN3S. The summed E-state index contributed by atoms with van der Waals surface area (Å²) in [6.45, 7) is 7.07. The number of hydrogen-bond acceptors (Lipinski definition) is 4. The van der Waals surface area contributed by atoms with Crippen LogP contribution >= 0.6 is 22.9 Å². The molecule has 0 saturated carbocycles. The Morgan fingerprint density at radius 1 is 1.52 bits per heavy atom. The second-order valence-electron chi connectivity index (χ2n) is 5.35. The van der Waals surface area contributed by atoms with E-state index >= 15 is 0 Å². The lowest BCUT2D eigenvalue weighted by Gasteiger charge is -2.35. The van der Waals surface area contributed by atoms with Crippen molar-refractivity contribution in [2.75, 3.05) is 18.0 Å². The Labute approximate surface area is 135 Å². The Balaban J connectivity index is 1.84. The Morgan fingerprint density at radius 2 is 2.38 bits per heavy atom. The van der Waals surface area contributed by atoms with Gasteiger partial charge in [-0.1, -0.05) is 18.5 Å². The number of hydrogen-bond donors (Lipinski definition) is 1. The van der Waals surface area contributed by atoms with Gasteiger partial charge in [0.05, 0.1) is 11.1 Å². The van der Waals surface area contributed by atoms with Crippen LogP contribution in [0.15, 0.2) is 23.7 Å². The van der Waals surface area contributed by atoms with Crippen LogP contribution in [0, 0.1) is 0 Å². The highest BCUT2D eigenvalue weighted by molar-refractivity contribution is 7.10. The van der Waals surface area contributed by atoms with Gasteiger partial charge in [-0.15, -0.1) is 11.3 Å². The lowest BCUT2D eigenvalue weighted by atomic mass is 10.0. The minimum atomic E-state index is 0.338. The normalized spacial score (nSPS) is 17.9. The highest BCUT2D eigenvalue weighted by atomic mass is 35.5. The molecule has 2 aromatic rings. The molecule has 2 aromatic heterocycles. The molecule has 0 fully saturated rings. The van der Waals surface area contributed by atoms with Gasteiger partial charge in [0.1, 0.15) is 5.82 Å². The van der Waals surface area contributed by atoms with Crippen LogP contribution in [-0.2, 0) is 13.0 Å². The molecule has 0 aliphatic carbocycles. The van der Waals surface area contributed by atoms with Crippen molar-refractivity contribution in [3.8, 4) is 0 Å². The van der Waals surface area contributed by atoms with Crippen LogP contribution in [0.4, 0.5) is 5.82 Å². The summed E-state index contributed by atoms with van der Waals surface area (Å²) in [4.78, 5) is 8.43. The first-order chi connectivity index (χ1) is 10.2. The lowest BCUT2D eigenvalue weighted by molar-refractivity contribution is 0.624. The predicted molar refractivity (Wildman–Crippen MR) is 90.4 cm³/mol. The van der Waals surface area contributed by atoms with Gasteiger partial charge in [0.2, 0.25) is 0 Å². The van der Waals surface area contributed by atoms with Gasteiger partial charge < -0.3 is 10.2 Å². The van der Waals surface area contributed by atoms with E-state index < -0.39 is 0 Å². The number of rotatable bonds is 4. The summed E-state index contributed by atoms with van der Waals surface area (Å²) < 4.78 is 0. The van der Waals surface area contributed by atoms with E-state index in [0.717, 1.165) is 42.5 Å². The zero-order valence-corrected chi connectivity index (χ0v) is 14.0. The number of nitrogens with one attached hydrogen (secondary N) is 1. The molecule has 0 radical (unpaired) electrons. The number of thiophene rings is 1. The van der Waals surface area contributed by atoms with Gasteiger partial charge in [0, 0.05) is 24.2 Å². The van der Waals surface area contributed by atoms with Gasteiger partial charge in [-0.2, -0.15) is 0 Å². The molecule has 1 aliphatic rings. The van der Waals surface area contributed by atoms with Crippen LogP contribution in [0.5, 0.6) is 0 Å². The Kier molecular flexibility index (Phi) is 4.48. The summed E-state index contributed by atoms with van der Waals surface area (Å²) in [6, 6.07) is 4.59. The lowest BCUT2D eigenvalue weighted by Crippen LogP contribution is -2.34. The summed E-state index contributed by atoms with van der Waals surface area (Å²) in [7, 11) is 0. The fourth-order valence-electron chi connectivity index (χ4n) is 2.85. The van der Waals surface area contributed by atoms with Crippen molar-refractivity contribution in [1.82, 2.24) is 10.3 Å². The fraction of sp³-hybridized carbons (Fsp3) is 0.438. The van der Waals surface area contributed by atoms with E-state index in [9.17, 15) is 0 Å². The van der Waals surface area contributed by atoms with Gasteiger partial charge in [-0.05, 0) is 48.5 Å². The second kappa shape index (κ2) is 6.34. The zero-order valence-electron chi connectivity index (χ0n) is 12.4. The maximum Gasteiger partial charge on any atom is 0.147 e. The molecule has 1 aliphatic heterocycles. The number of halogens is 1. The highest BCUT2D eigenvalue weighted by Gasteiger charge is 2.27. The van der Waals surface area contributed by atoms with Crippen LogP contribution < -0.4 is 10.2 Å². The van der Waals surface area contributed by atoms with Crippen molar-refractivity contribution in [1.29, 1.82) is 0 Å². The Morgan fingerprint density at radius 3 is 3.14 bits per heavy atom. The number of aromatic nitrogens is 1. The third-order valence-electron chi connectivity index (χ3n) is 4.01. The van der Waals surface area contributed by atoms with E-state index in [1.54, 1.807) is 0 Å². The number of anilines is 1. The third-order valence-corrected chi connectivity index (χ3v) is 5.28. The van der Waals surface area contributed by atoms with Crippen molar-refractivity contribution < 1.29 is 0 Å². The van der Waals surface area contributed by atoms with Crippen LogP contribution in [0.25, 0.3) is 0 Å². The summed E-state index contributed by atoms with van der Waals surface area (Å²) in [5, 5.41) is 6.22. The molecule has 1 atom stereocenters. The average Bonchev–Trinajstić information content (AvgIpc) is 2.96. The van der Waals surface area contributed by atoms with Gasteiger partial charge >= 0.3 is 0 Å². The number of pyridine rings is 1. The third kappa shape index (κ3) is 2.93. The molecule has 1 N–H and O–H groups in total. The summed E-state index contributed by atoms with van der Waals surface area (Å²) >= 11 is 8.33. The topological polar surface area (TPSA) is 28.2 Å². The molecule has 21 heavy (non-hydrogen) atoms. The molecule has 3 nitrogen and oxygen atoms in total. The minimum Gasteiger partial charge on any atom is -0.348 e. The Hall–Kier alpha value is -1.10. The molecule has 3 heterocycles. The highest BCUT2D eigenvalue weighted by Crippen LogP contribution is 2.37. The molecule has 5 heteroatoms. The summed E-state index contributed by atoms with van der Waals surface area (Å²) in [6.07, 6.45) is 3.01. The molecule has 0 aromatic carbocycles. The van der Waals surface area contributed by atoms with E-state index in [1.807, 2.05) is 23.6 Å². The van der Waals surface area contributed by atoms with E-state index in [-0.39, 0.29) is 0 Å². The van der Waals surface area contributed by atoms with Gasteiger partial charge in [-0.25, -0.2) is 4.98 Å². The summed E-state index contributed by atoms with van der Waals surface area (Å²) in [5.41, 5.74) is 2.55. The predicted octanol–water partition coefficient (Wildman–Crippen LogP) is 4.03. The number of nitrogens with zero attached hydrogens (tertiary/aromatic N) is 2. The first kappa shape index (κ1) is 14.8. The van der Waals surface area contributed by atoms with Crippen LogP contribution in [0.3, 0.4) is 0 Å². The largest absolute Gasteiger partial charge is 0.348 e. The molecule has 3 rings (SSSR count). The van der Waals surface area contributed by atoms with Gasteiger partial charge in [0.25, 0.3) is 0 Å². The van der Waals surface area contributed by atoms with E-state index in [4.69, 9.17) is 11.6 Å². The molecule has 0 amide bonds. The SMILES string of the molecule is CCNCc1cnc(N2CCc3sccc3C2C)c(Cl)c1. The molecular weight excluding hydrogens is 302 g/mol. The fourth-order valence-corrected chi connectivity index (χ4v) is 4.11. The quantitative estimate of drug-likeness (QED) is 0.921. The smallest absolute Gasteiger partial charge is 0.147 e. The standard InChI is InChI=1S/C16H20ClN3S/c1-3-18-9-12-8-14(17)16(19-10-12)20-6-4-15-13(11(20)2)5-7-21-15/h5,7-8,10-11,18H,3-4,6,9H2,1-2H3. The molecule has 1 unspecified atom stereocenters. The molecule has 0 saturated heterocycles.